The number of hydrogen-bond donors (Lipinski definition) is 1. The predicted molar refractivity (Wildman–Crippen MR) is 69.9 cm³/mol. The van der Waals surface area contributed by atoms with Gasteiger partial charge in [-0.3, -0.25) is 0 Å². The largest absolute Gasteiger partial charge is 0.486 e. The van der Waals surface area contributed by atoms with Crippen LogP contribution in [0.3, 0.4) is 0 Å². The van der Waals surface area contributed by atoms with Crippen molar-refractivity contribution in [1.82, 2.24) is 5.32 Å². The van der Waals surface area contributed by atoms with Crippen LogP contribution in [-0.2, 0) is 13.2 Å². The van der Waals surface area contributed by atoms with Crippen LogP contribution in [0.5, 0.6) is 5.75 Å². The summed E-state index contributed by atoms with van der Waals surface area (Å²) in [6.45, 7) is 0.387. The molecule has 2 rings (SSSR count). The molecule has 0 atom stereocenters. The fourth-order valence-electron chi connectivity index (χ4n) is 1.77. The second-order valence-corrected chi connectivity index (χ2v) is 4.32. The van der Waals surface area contributed by atoms with Gasteiger partial charge in [-0.15, -0.1) is 0 Å². The maximum atomic E-state index is 13.7. The monoisotopic (exact) mass is 281 g/mol. The van der Waals surface area contributed by atoms with Gasteiger partial charge < -0.3 is 10.1 Å². The number of hydrogen-bond acceptors (Lipinski definition) is 2. The fraction of sp³-hybridized carbons (Fsp3) is 0.200. The molecule has 0 amide bonds. The van der Waals surface area contributed by atoms with Gasteiger partial charge in [-0.1, -0.05) is 6.07 Å². The quantitative estimate of drug-likeness (QED) is 0.907. The average Bonchev–Trinajstić information content (AvgIpc) is 2.40. The van der Waals surface area contributed by atoms with Crippen molar-refractivity contribution < 1.29 is 17.9 Å². The smallest absolute Gasteiger partial charge is 0.165 e. The zero-order valence-electron chi connectivity index (χ0n) is 10.9. The molecule has 1 N–H and O–H groups in total. The van der Waals surface area contributed by atoms with Gasteiger partial charge in [0.15, 0.2) is 11.6 Å². The van der Waals surface area contributed by atoms with Gasteiger partial charge in [-0.25, -0.2) is 13.2 Å². The Kier molecular flexibility index (Phi) is 4.63. The molecule has 20 heavy (non-hydrogen) atoms. The van der Waals surface area contributed by atoms with Gasteiger partial charge in [0.1, 0.15) is 18.2 Å². The average molecular weight is 281 g/mol. The minimum absolute atomic E-state index is 0.0357. The highest BCUT2D eigenvalue weighted by molar-refractivity contribution is 5.30. The van der Waals surface area contributed by atoms with Crippen molar-refractivity contribution in [3.05, 3.63) is 65.0 Å². The number of rotatable bonds is 5. The van der Waals surface area contributed by atoms with E-state index in [9.17, 15) is 13.2 Å². The Labute approximate surface area is 115 Å². The van der Waals surface area contributed by atoms with Gasteiger partial charge in [-0.2, -0.15) is 0 Å². The summed E-state index contributed by atoms with van der Waals surface area (Å²) in [5, 5.41) is 2.91. The Hall–Kier alpha value is -2.01. The van der Waals surface area contributed by atoms with Crippen LogP contribution in [0.4, 0.5) is 13.2 Å². The van der Waals surface area contributed by atoms with Crippen molar-refractivity contribution in [2.75, 3.05) is 7.05 Å². The maximum Gasteiger partial charge on any atom is 0.165 e. The van der Waals surface area contributed by atoms with Crippen LogP contribution in [0.2, 0.25) is 0 Å². The van der Waals surface area contributed by atoms with Crippen molar-refractivity contribution in [2.24, 2.45) is 0 Å². The lowest BCUT2D eigenvalue weighted by Gasteiger charge is -2.09. The molecule has 0 spiro atoms. The van der Waals surface area contributed by atoms with Crippen molar-refractivity contribution in [3.63, 3.8) is 0 Å². The summed E-state index contributed by atoms with van der Waals surface area (Å²) in [7, 11) is 1.76. The topological polar surface area (TPSA) is 21.3 Å². The normalized spacial score (nSPS) is 10.6. The van der Waals surface area contributed by atoms with Crippen LogP contribution in [-0.4, -0.2) is 7.05 Å². The third-order valence-corrected chi connectivity index (χ3v) is 2.78. The molecule has 0 aliphatic heterocycles. The molecule has 0 saturated heterocycles. The van der Waals surface area contributed by atoms with Crippen molar-refractivity contribution in [2.45, 2.75) is 13.2 Å². The molecule has 2 aromatic carbocycles. The Morgan fingerprint density at radius 3 is 2.45 bits per heavy atom. The Morgan fingerprint density at radius 1 is 1.00 bits per heavy atom. The van der Waals surface area contributed by atoms with E-state index in [0.717, 1.165) is 17.7 Å². The molecule has 2 nitrogen and oxygen atoms in total. The van der Waals surface area contributed by atoms with Crippen LogP contribution in [0.1, 0.15) is 11.1 Å². The minimum atomic E-state index is -0.711. The van der Waals surface area contributed by atoms with Crippen LogP contribution in [0.15, 0.2) is 36.4 Å². The maximum absolute atomic E-state index is 13.7. The van der Waals surface area contributed by atoms with Gasteiger partial charge >= 0.3 is 0 Å². The molecule has 0 radical (unpaired) electrons. The molecule has 0 unspecified atom stereocenters. The first kappa shape index (κ1) is 14.4. The molecule has 106 valence electrons. The van der Waals surface area contributed by atoms with E-state index in [-0.39, 0.29) is 17.9 Å². The lowest BCUT2D eigenvalue weighted by Crippen LogP contribution is -2.06. The highest BCUT2D eigenvalue weighted by Crippen LogP contribution is 2.20. The first-order chi connectivity index (χ1) is 9.60. The van der Waals surface area contributed by atoms with Crippen LogP contribution >= 0.6 is 0 Å². The summed E-state index contributed by atoms with van der Waals surface area (Å²) in [5.74, 6) is -1.85. The molecular weight excluding hydrogens is 267 g/mol. The van der Waals surface area contributed by atoms with E-state index in [2.05, 4.69) is 5.32 Å². The molecular formula is C15H14F3NO. The highest BCUT2D eigenvalue weighted by Gasteiger charge is 2.08. The summed E-state index contributed by atoms with van der Waals surface area (Å²) in [5.41, 5.74) is 0.954. The van der Waals surface area contributed by atoms with Gasteiger partial charge in [0, 0.05) is 18.2 Å². The van der Waals surface area contributed by atoms with Gasteiger partial charge in [0.05, 0.1) is 0 Å². The molecule has 5 heteroatoms. The second kappa shape index (κ2) is 6.43. The first-order valence-corrected chi connectivity index (χ1v) is 6.10. The van der Waals surface area contributed by atoms with E-state index < -0.39 is 17.5 Å². The van der Waals surface area contributed by atoms with E-state index >= 15 is 0 Å². The van der Waals surface area contributed by atoms with Gasteiger partial charge in [-0.05, 0) is 36.9 Å². The number of ether oxygens (including phenoxy) is 1. The summed E-state index contributed by atoms with van der Waals surface area (Å²) in [6.07, 6.45) is 0. The summed E-state index contributed by atoms with van der Waals surface area (Å²) < 4.78 is 45.1. The number of nitrogens with one attached hydrogen (secondary N) is 1. The zero-order chi connectivity index (χ0) is 14.5. The van der Waals surface area contributed by atoms with Crippen LogP contribution in [0, 0.1) is 17.5 Å². The molecule has 0 aliphatic carbocycles. The molecule has 2 aromatic rings. The molecule has 0 bridgehead atoms. The van der Waals surface area contributed by atoms with E-state index in [1.165, 1.54) is 18.2 Å². The van der Waals surface area contributed by atoms with E-state index in [0.29, 0.717) is 6.54 Å². The molecule has 0 fully saturated rings. The Morgan fingerprint density at radius 2 is 1.80 bits per heavy atom. The van der Waals surface area contributed by atoms with Crippen LogP contribution in [0.25, 0.3) is 0 Å². The number of benzene rings is 2. The Balaban J connectivity index is 2.07. The van der Waals surface area contributed by atoms with Crippen molar-refractivity contribution in [1.29, 1.82) is 0 Å². The van der Waals surface area contributed by atoms with E-state index in [1.54, 1.807) is 13.1 Å². The lowest BCUT2D eigenvalue weighted by atomic mass is 10.2. The summed E-state index contributed by atoms with van der Waals surface area (Å²) in [6, 6.07) is 7.74. The molecule has 0 saturated carbocycles. The van der Waals surface area contributed by atoms with E-state index in [4.69, 9.17) is 4.74 Å². The fourth-order valence-corrected chi connectivity index (χ4v) is 1.77. The predicted octanol–water partition coefficient (Wildman–Crippen LogP) is 3.40. The van der Waals surface area contributed by atoms with E-state index in [1.807, 2.05) is 0 Å². The third-order valence-electron chi connectivity index (χ3n) is 2.78. The summed E-state index contributed by atoms with van der Waals surface area (Å²) >= 11 is 0. The van der Waals surface area contributed by atoms with Crippen LogP contribution < -0.4 is 10.1 Å². The zero-order valence-corrected chi connectivity index (χ0v) is 10.9. The lowest BCUT2D eigenvalue weighted by molar-refractivity contribution is 0.284. The second-order valence-electron chi connectivity index (χ2n) is 4.32. The SMILES string of the molecule is CNCc1ccc(OCc2ccc(F)cc2F)c(F)c1. The Bertz CT molecular complexity index is 602. The minimum Gasteiger partial charge on any atom is -0.486 e. The van der Waals surface area contributed by atoms with Crippen molar-refractivity contribution >= 4 is 0 Å². The molecule has 0 aromatic heterocycles. The van der Waals surface area contributed by atoms with Gasteiger partial charge in [0.25, 0.3) is 0 Å². The van der Waals surface area contributed by atoms with Gasteiger partial charge in [0.2, 0.25) is 0 Å². The highest BCUT2D eigenvalue weighted by atomic mass is 19.1. The summed E-state index contributed by atoms with van der Waals surface area (Å²) in [4.78, 5) is 0. The van der Waals surface area contributed by atoms with Crippen molar-refractivity contribution in [3.8, 4) is 5.75 Å². The molecule has 0 aliphatic rings. The number of halogens is 3. The molecule has 0 heterocycles. The standard InChI is InChI=1S/C15H14F3NO/c1-19-8-10-2-5-15(14(18)6-10)20-9-11-3-4-12(16)7-13(11)17/h2-7,19H,8-9H2,1H3. The first-order valence-electron chi connectivity index (χ1n) is 6.10. The third kappa shape index (κ3) is 3.51.